The molecule has 18 heteroatoms. The van der Waals surface area contributed by atoms with E-state index in [0.717, 1.165) is 68.6 Å². The first-order chi connectivity index (χ1) is 39.5. The van der Waals surface area contributed by atoms with Crippen molar-refractivity contribution in [3.05, 3.63) is 180 Å². The summed E-state index contributed by atoms with van der Waals surface area (Å²) in [6.07, 6.45) is 13.3. The Morgan fingerprint density at radius 3 is 1.35 bits per heavy atom. The number of fused-ring (bicyclic) bond motifs is 12. The van der Waals surface area contributed by atoms with Crippen LogP contribution in [0.3, 0.4) is 0 Å². The van der Waals surface area contributed by atoms with Crippen LogP contribution >= 0.6 is 0 Å². The minimum absolute atomic E-state index is 0.0600. The van der Waals surface area contributed by atoms with Gasteiger partial charge >= 0.3 is 0 Å². The Labute approximate surface area is 497 Å². The Morgan fingerprint density at radius 1 is 0.524 bits per heavy atom. The van der Waals surface area contributed by atoms with Crippen LogP contribution in [0.4, 0.5) is 23.3 Å². The lowest BCUT2D eigenvalue weighted by Crippen LogP contribution is -2.41. The molecule has 444 valence electrons. The van der Waals surface area contributed by atoms with Crippen LogP contribution in [0.2, 0.25) is 0 Å². The summed E-state index contributed by atoms with van der Waals surface area (Å²) in [5.74, 6) is 1.22. The van der Waals surface area contributed by atoms with E-state index < -0.39 is 31.9 Å². The molecule has 4 aliphatic rings. The summed E-state index contributed by atoms with van der Waals surface area (Å²) in [6, 6.07) is 36.4. The number of rotatable bonds is 4. The molecule has 4 N–H and O–H groups in total. The number of benzene rings is 2. The predicted octanol–water partition coefficient (Wildman–Crippen LogP) is 12.4. The van der Waals surface area contributed by atoms with Gasteiger partial charge in [0.15, 0.2) is 10.1 Å². The first-order valence-electron chi connectivity index (χ1n) is 28.8. The SMILES string of the molecule is C=CC1CC[C@@H]2CN(c3nc(C(C)(C)C)ccc3C(=O)NS(=O)(=O)c3cccc(n3)N1)C(C)(C)C2.C=Cc1ccccc1.CC(C)(C)c1ccc2c(n1)N1C[C@@H](CCC(C=Cc3ccccc3)Nc3cccc(n3)S(=O)(=O)NC2=O)CC1(C)C. The summed E-state index contributed by atoms with van der Waals surface area (Å²) in [5.41, 5.74) is 3.43. The summed E-state index contributed by atoms with van der Waals surface area (Å²) in [5, 5.41) is 6.25. The normalized spacial score (nSPS) is 21.6. The minimum Gasteiger partial charge on any atom is -0.364 e. The van der Waals surface area contributed by atoms with Crippen molar-refractivity contribution in [2.24, 2.45) is 11.8 Å². The Kier molecular flexibility index (Phi) is 18.7. The lowest BCUT2D eigenvalue weighted by Gasteiger charge is -2.34. The number of nitrogens with zero attached hydrogens (tertiary/aromatic N) is 6. The third kappa shape index (κ3) is 15.3. The number of aromatic nitrogens is 4. The zero-order chi connectivity index (χ0) is 60.8. The monoisotopic (exact) mass is 1170 g/mol. The van der Waals surface area contributed by atoms with E-state index in [0.29, 0.717) is 35.1 Å². The van der Waals surface area contributed by atoms with Gasteiger partial charge in [-0.2, -0.15) is 16.8 Å². The van der Waals surface area contributed by atoms with Gasteiger partial charge in [-0.05, 0) is 138 Å². The summed E-state index contributed by atoms with van der Waals surface area (Å²) >= 11 is 0. The van der Waals surface area contributed by atoms with Crippen LogP contribution in [0, 0.1) is 11.8 Å². The number of pyridine rings is 4. The van der Waals surface area contributed by atoms with Crippen molar-refractivity contribution in [2.45, 2.75) is 152 Å². The maximum absolute atomic E-state index is 13.6. The van der Waals surface area contributed by atoms with E-state index in [4.69, 9.17) is 9.97 Å². The number of carbonyl (C=O) groups is 2. The fraction of sp³-hybridized carbons (Fsp3) is 0.394. The first-order valence-corrected chi connectivity index (χ1v) is 31.7. The lowest BCUT2D eigenvalue weighted by molar-refractivity contribution is 0.0972. The molecular formula is C66H82N10O6S2. The number of amides is 2. The van der Waals surface area contributed by atoms with Gasteiger partial charge in [0.2, 0.25) is 0 Å². The molecule has 16 nitrogen and oxygen atoms in total. The molecule has 4 atom stereocenters. The molecule has 84 heavy (non-hydrogen) atoms. The standard InChI is InChI=1S/C32H39N5O3S.C26H35N5O3S.C8H8/c1-31(2,3)26-19-18-25-29(34-26)37-21-23(20-32(37,4)5)15-17-24(16-14-22-10-7-6-8-11-22)33-27-12-9-13-28(35-27)41(39,40)36-30(25)38;1-7-18-12-11-17-15-26(5,6)31(16-17)23-19(13-14-20(28-23)25(2,3)4)24(32)30-35(33,34)22-10-8-9-21(27-18)29-22;1-2-8-6-4-3-5-7-8/h6-14,16,18-19,23-24H,15,17,20-21H2,1-5H3,(H,33,35)(H,36,38);7-10,13-14,17-18H,1,11-12,15-16H2,2-6H3,(H,27,29)(H,30,32);2-7H,1H2/t23-,24?;17-,18?;/m00./s1. The highest BCUT2D eigenvalue weighted by Crippen LogP contribution is 2.42. The Morgan fingerprint density at radius 2 is 0.940 bits per heavy atom. The maximum Gasteiger partial charge on any atom is 0.281 e. The van der Waals surface area contributed by atoms with E-state index in [1.54, 1.807) is 42.5 Å². The van der Waals surface area contributed by atoms with E-state index in [-0.39, 0.29) is 55.2 Å². The van der Waals surface area contributed by atoms with E-state index in [1.165, 1.54) is 17.7 Å². The fourth-order valence-corrected chi connectivity index (χ4v) is 13.1. The minimum atomic E-state index is -4.24. The molecule has 8 heterocycles. The quantitative estimate of drug-likeness (QED) is 0.121. The van der Waals surface area contributed by atoms with Crippen molar-refractivity contribution in [1.82, 2.24) is 29.4 Å². The summed E-state index contributed by atoms with van der Waals surface area (Å²) in [7, 11) is -8.44. The average molecular weight is 1180 g/mol. The molecule has 4 aromatic heterocycles. The molecule has 0 aliphatic carbocycles. The lowest BCUT2D eigenvalue weighted by atomic mass is 9.90. The number of anilines is 4. The van der Waals surface area contributed by atoms with Gasteiger partial charge < -0.3 is 20.4 Å². The molecule has 0 spiro atoms. The summed E-state index contributed by atoms with van der Waals surface area (Å²) < 4.78 is 57.4. The van der Waals surface area contributed by atoms with Gasteiger partial charge in [-0.1, -0.05) is 145 Å². The molecule has 2 saturated heterocycles. The highest BCUT2D eigenvalue weighted by Gasteiger charge is 2.43. The molecule has 2 unspecified atom stereocenters. The van der Waals surface area contributed by atoms with Crippen molar-refractivity contribution in [3.8, 4) is 0 Å². The number of sulfonamides is 2. The number of hydrogen-bond acceptors (Lipinski definition) is 14. The van der Waals surface area contributed by atoms with Gasteiger partial charge in [-0.25, -0.2) is 29.4 Å². The van der Waals surface area contributed by atoms with E-state index in [9.17, 15) is 26.4 Å². The van der Waals surface area contributed by atoms with Crippen molar-refractivity contribution < 1.29 is 26.4 Å². The molecule has 8 bridgehead atoms. The van der Waals surface area contributed by atoms with Gasteiger partial charge in [0.25, 0.3) is 31.9 Å². The molecular weight excluding hydrogens is 1090 g/mol. The van der Waals surface area contributed by atoms with Crippen LogP contribution < -0.4 is 29.9 Å². The molecule has 6 aromatic rings. The first kappa shape index (κ1) is 62.3. The maximum atomic E-state index is 13.6. The highest BCUT2D eigenvalue weighted by molar-refractivity contribution is 7.90. The van der Waals surface area contributed by atoms with Crippen LogP contribution in [0.25, 0.3) is 12.2 Å². The van der Waals surface area contributed by atoms with Crippen LogP contribution in [0.15, 0.2) is 157 Å². The molecule has 0 saturated carbocycles. The fourth-order valence-electron chi connectivity index (χ4n) is 11.2. The van der Waals surface area contributed by atoms with Crippen LogP contribution in [0.5, 0.6) is 0 Å². The van der Waals surface area contributed by atoms with Crippen LogP contribution in [-0.2, 0) is 30.9 Å². The smallest absolute Gasteiger partial charge is 0.281 e. The topological polar surface area (TPSA) is 209 Å². The van der Waals surface area contributed by atoms with Crippen LogP contribution in [0.1, 0.15) is 151 Å². The summed E-state index contributed by atoms with van der Waals surface area (Å²) in [6.45, 7) is 30.1. The second kappa shape index (κ2) is 25.3. The van der Waals surface area contributed by atoms with E-state index in [1.807, 2.05) is 78.9 Å². The van der Waals surface area contributed by atoms with Gasteiger partial charge in [0, 0.05) is 58.5 Å². The van der Waals surface area contributed by atoms with Gasteiger partial charge in [-0.3, -0.25) is 9.59 Å². The highest BCUT2D eigenvalue weighted by atomic mass is 32.2. The van der Waals surface area contributed by atoms with Crippen molar-refractivity contribution in [2.75, 3.05) is 33.5 Å². The zero-order valence-corrected chi connectivity index (χ0v) is 51.8. The van der Waals surface area contributed by atoms with E-state index in [2.05, 4.69) is 134 Å². The van der Waals surface area contributed by atoms with Gasteiger partial charge in [0.1, 0.15) is 23.3 Å². The van der Waals surface area contributed by atoms with E-state index >= 15 is 0 Å². The van der Waals surface area contributed by atoms with Crippen molar-refractivity contribution in [3.63, 3.8) is 0 Å². The average Bonchev–Trinajstić information content (AvgIpc) is 2.05. The molecule has 10 rings (SSSR count). The number of carbonyl (C=O) groups excluding carboxylic acids is 2. The zero-order valence-electron chi connectivity index (χ0n) is 50.2. The number of hydrogen-bond donors (Lipinski definition) is 4. The van der Waals surface area contributed by atoms with Gasteiger partial charge in [-0.15, -0.1) is 6.58 Å². The Hall–Kier alpha value is -7.70. The largest absolute Gasteiger partial charge is 0.364 e. The second-order valence-corrected chi connectivity index (χ2v) is 28.7. The van der Waals surface area contributed by atoms with Crippen LogP contribution in [-0.4, -0.2) is 84.8 Å². The molecule has 2 amide bonds. The predicted molar refractivity (Wildman–Crippen MR) is 338 cm³/mol. The molecule has 2 aromatic carbocycles. The Balaban J connectivity index is 0.000000195. The summed E-state index contributed by atoms with van der Waals surface area (Å²) in [4.78, 5) is 49.8. The van der Waals surface area contributed by atoms with Crippen molar-refractivity contribution >= 4 is 67.3 Å². The van der Waals surface area contributed by atoms with Gasteiger partial charge in [0.05, 0.1) is 11.1 Å². The molecule has 4 aliphatic heterocycles. The second-order valence-electron chi connectivity index (χ2n) is 25.5. The third-order valence-electron chi connectivity index (χ3n) is 15.7. The molecule has 2 fully saturated rings. The van der Waals surface area contributed by atoms with Crippen molar-refractivity contribution in [1.29, 1.82) is 0 Å². The molecule has 0 radical (unpaired) electrons. The third-order valence-corrected chi connectivity index (χ3v) is 18.2. The Bertz CT molecular complexity index is 3620. The number of nitrogens with one attached hydrogen (secondary N) is 4.